The highest BCUT2D eigenvalue weighted by atomic mass is 32.2. The first-order valence-corrected chi connectivity index (χ1v) is 4.26. The van der Waals surface area contributed by atoms with Crippen LogP contribution in [0.5, 0.6) is 0 Å². The highest BCUT2D eigenvalue weighted by molar-refractivity contribution is 7.84. The van der Waals surface area contributed by atoms with E-state index < -0.39 is 10.3 Å². The van der Waals surface area contributed by atoms with Crippen molar-refractivity contribution in [3.8, 4) is 0 Å². The molecule has 9 heteroatoms. The molecule has 78 valence electrons. The predicted molar refractivity (Wildman–Crippen MR) is 53.0 cm³/mol. The van der Waals surface area contributed by atoms with Crippen LogP contribution in [0.3, 0.4) is 0 Å². The van der Waals surface area contributed by atoms with Crippen molar-refractivity contribution in [3.63, 3.8) is 0 Å². The first-order chi connectivity index (χ1) is 5.33. The van der Waals surface area contributed by atoms with E-state index in [0.717, 1.165) is 0 Å². The molecule has 13 heavy (non-hydrogen) atoms. The number of ketones is 1. The number of hydrogen-bond acceptors (Lipinski definition) is 3. The Labute approximate surface area is 80.7 Å². The van der Waals surface area contributed by atoms with Crippen molar-refractivity contribution < 1.29 is 17.8 Å². The van der Waals surface area contributed by atoms with Gasteiger partial charge in [-0.2, -0.15) is 8.42 Å². The van der Waals surface area contributed by atoms with Crippen molar-refractivity contribution >= 4 is 27.1 Å². The minimum absolute atomic E-state index is 0. The maximum Gasteiger partial charge on any atom is 0.356 e. The minimum Gasteiger partial charge on any atom is -0.300 e. The Bertz CT molecular complexity index is 282. The topological polar surface area (TPSA) is 120 Å². The van der Waals surface area contributed by atoms with Crippen LogP contribution in [0, 0.1) is 0 Å². The summed E-state index contributed by atoms with van der Waals surface area (Å²) in [7, 11) is -4.47. The van der Waals surface area contributed by atoms with E-state index in [-0.39, 0.29) is 16.7 Å². The second kappa shape index (κ2) is 9.20. The molecule has 0 bridgehead atoms. The lowest BCUT2D eigenvalue weighted by atomic mass is 10.4. The smallest absolute Gasteiger partial charge is 0.300 e. The monoisotopic (exact) mass is 227 g/mol. The Kier molecular flexibility index (Phi) is 12.7. The molecule has 7 nitrogen and oxygen atoms in total. The predicted octanol–water partition coefficient (Wildman–Crippen LogP) is -0.367. The van der Waals surface area contributed by atoms with Gasteiger partial charge in [-0.05, 0) is 23.4 Å². The molecule has 0 atom stereocenters. The van der Waals surface area contributed by atoms with E-state index >= 15 is 0 Å². The number of carbonyl (C=O) groups excluding carboxylic acids is 1. The standard InChI is InChI=1S/C4H8O.HN3O3S.H4Si/c1-3-4(2)5;1-2-3-7(4,5)6;/h3H2,1-2H3;(H,4,5,6);1H4. The van der Waals surface area contributed by atoms with Crippen LogP contribution in [0.1, 0.15) is 20.3 Å². The Hall–Kier alpha value is -0.893. The van der Waals surface area contributed by atoms with Gasteiger partial charge in [0.2, 0.25) is 0 Å². The third kappa shape index (κ3) is 35.3. The van der Waals surface area contributed by atoms with Crippen LogP contribution < -0.4 is 0 Å². The normalized spacial score (nSPS) is 8.23. The zero-order chi connectivity index (χ0) is 10.2. The van der Waals surface area contributed by atoms with E-state index in [1.807, 2.05) is 11.4 Å². The molecule has 0 heterocycles. The molecule has 0 saturated heterocycles. The average Bonchev–Trinajstić information content (AvgIpc) is 1.86. The molecule has 0 fully saturated rings. The van der Waals surface area contributed by atoms with Gasteiger partial charge in [-0.15, -0.1) is 0 Å². The number of azide groups is 1. The third-order valence-electron chi connectivity index (χ3n) is 0.638. The van der Waals surface area contributed by atoms with Gasteiger partial charge in [-0.1, -0.05) is 6.92 Å². The molecule has 0 aromatic rings. The fraction of sp³-hybridized carbons (Fsp3) is 0.750. The van der Waals surface area contributed by atoms with E-state index in [4.69, 9.17) is 10.1 Å². The molecular weight excluding hydrogens is 214 g/mol. The van der Waals surface area contributed by atoms with Gasteiger partial charge >= 0.3 is 10.3 Å². The molecular formula is C4H13N3O4SSi. The fourth-order valence-corrected chi connectivity index (χ4v) is 0.138. The van der Waals surface area contributed by atoms with Crippen LogP contribution in [-0.2, 0) is 15.1 Å². The molecule has 1 N–H and O–H groups in total. The molecule has 0 aromatic carbocycles. The largest absolute Gasteiger partial charge is 0.356 e. The highest BCUT2D eigenvalue weighted by Crippen LogP contribution is 1.80. The molecule has 0 aromatic heterocycles. The second-order valence-electron chi connectivity index (χ2n) is 1.67. The summed E-state index contributed by atoms with van der Waals surface area (Å²) in [5.41, 5.74) is 7.32. The van der Waals surface area contributed by atoms with Crippen molar-refractivity contribution in [2.45, 2.75) is 20.3 Å². The van der Waals surface area contributed by atoms with Gasteiger partial charge in [0.1, 0.15) is 5.78 Å². The van der Waals surface area contributed by atoms with E-state index in [2.05, 4.69) is 0 Å². The number of carbonyl (C=O) groups is 1. The molecule has 0 spiro atoms. The Balaban J connectivity index is -0.000000150. The number of rotatable bonds is 2. The highest BCUT2D eigenvalue weighted by Gasteiger charge is 1.93. The van der Waals surface area contributed by atoms with Gasteiger partial charge in [-0.25, -0.2) is 0 Å². The summed E-state index contributed by atoms with van der Waals surface area (Å²) in [5, 5.41) is 0. The van der Waals surface area contributed by atoms with Gasteiger partial charge in [0, 0.05) is 11.3 Å². The van der Waals surface area contributed by atoms with E-state index in [9.17, 15) is 13.2 Å². The van der Waals surface area contributed by atoms with Crippen LogP contribution in [0.4, 0.5) is 0 Å². The zero-order valence-electron chi connectivity index (χ0n) is 6.63. The SMILES string of the molecule is CCC(C)=O.[N-]=[N+]=NS(=O)(=O)O.[SiH4]. The zero-order valence-corrected chi connectivity index (χ0v) is 7.45. The van der Waals surface area contributed by atoms with Crippen molar-refractivity contribution in [1.29, 1.82) is 0 Å². The summed E-state index contributed by atoms with van der Waals surface area (Å²) >= 11 is 0. The van der Waals surface area contributed by atoms with E-state index in [1.54, 1.807) is 11.8 Å². The lowest BCUT2D eigenvalue weighted by Gasteiger charge is -1.71. The Morgan fingerprint density at radius 1 is 1.62 bits per heavy atom. The summed E-state index contributed by atoms with van der Waals surface area (Å²) in [6, 6.07) is 0. The summed E-state index contributed by atoms with van der Waals surface area (Å²) in [5.74, 6) is 0.255. The van der Waals surface area contributed by atoms with Gasteiger partial charge in [0.05, 0.1) is 4.52 Å². The third-order valence-corrected chi connectivity index (χ3v) is 0.917. The number of Topliss-reactive ketones (excluding diaryl/α,β-unsaturated/α-hetero) is 1. The average molecular weight is 227 g/mol. The maximum atomic E-state index is 9.81. The van der Waals surface area contributed by atoms with Crippen molar-refractivity contribution in [2.75, 3.05) is 0 Å². The van der Waals surface area contributed by atoms with Crippen molar-refractivity contribution in [1.82, 2.24) is 0 Å². The summed E-state index contributed by atoms with van der Waals surface area (Å²) in [4.78, 5) is 11.6. The molecule has 0 aliphatic rings. The summed E-state index contributed by atoms with van der Waals surface area (Å²) in [6.45, 7) is 3.43. The first-order valence-electron chi connectivity index (χ1n) is 2.86. The second-order valence-corrected chi connectivity index (χ2v) is 2.73. The Morgan fingerprint density at radius 3 is 1.92 bits per heavy atom. The quantitative estimate of drug-likeness (QED) is 0.227. The van der Waals surface area contributed by atoms with Crippen LogP contribution in [0.15, 0.2) is 4.52 Å². The summed E-state index contributed by atoms with van der Waals surface area (Å²) in [6.07, 6.45) is 0.667. The lowest BCUT2D eigenvalue weighted by molar-refractivity contribution is -0.116. The van der Waals surface area contributed by atoms with Crippen molar-refractivity contribution in [2.24, 2.45) is 4.52 Å². The van der Waals surface area contributed by atoms with Gasteiger partial charge in [-0.3, -0.25) is 4.55 Å². The van der Waals surface area contributed by atoms with Gasteiger partial charge in [0.15, 0.2) is 0 Å². The molecule has 0 saturated carbocycles. The first kappa shape index (κ1) is 18.0. The lowest BCUT2D eigenvalue weighted by Crippen LogP contribution is -1.86. The van der Waals surface area contributed by atoms with Crippen LogP contribution in [-0.4, -0.2) is 29.7 Å². The van der Waals surface area contributed by atoms with E-state index in [0.29, 0.717) is 6.42 Å². The molecule has 0 radical (unpaired) electrons. The van der Waals surface area contributed by atoms with Crippen molar-refractivity contribution in [3.05, 3.63) is 10.4 Å². The Morgan fingerprint density at radius 2 is 1.92 bits per heavy atom. The van der Waals surface area contributed by atoms with E-state index in [1.165, 1.54) is 0 Å². The number of nitrogens with zero attached hydrogens (tertiary/aromatic N) is 3. The molecule has 0 unspecified atom stereocenters. The molecule has 0 aliphatic heterocycles. The molecule has 0 amide bonds. The maximum absolute atomic E-state index is 9.81. The minimum atomic E-state index is -4.47. The molecule has 0 aliphatic carbocycles. The fourth-order valence-electron chi connectivity index (χ4n) is 0.0461. The van der Waals surface area contributed by atoms with Crippen LogP contribution in [0.2, 0.25) is 0 Å². The van der Waals surface area contributed by atoms with Crippen LogP contribution in [0.25, 0.3) is 10.4 Å². The van der Waals surface area contributed by atoms with Crippen LogP contribution >= 0.6 is 0 Å². The van der Waals surface area contributed by atoms with Gasteiger partial charge in [0.25, 0.3) is 0 Å². The number of hydrogen-bond donors (Lipinski definition) is 1. The molecule has 0 rings (SSSR count). The summed E-state index contributed by atoms with van der Waals surface area (Å²) < 4.78 is 28.3. The van der Waals surface area contributed by atoms with Gasteiger partial charge < -0.3 is 4.79 Å².